The van der Waals surface area contributed by atoms with Crippen LogP contribution in [0.1, 0.15) is 30.0 Å². The zero-order valence-electron chi connectivity index (χ0n) is 13.7. The van der Waals surface area contributed by atoms with Gasteiger partial charge in [-0.15, -0.1) is 0 Å². The first-order valence-electron chi connectivity index (χ1n) is 8.28. The summed E-state index contributed by atoms with van der Waals surface area (Å²) in [5.74, 6) is 1.47. The quantitative estimate of drug-likeness (QED) is 0.888. The Kier molecular flexibility index (Phi) is 5.31. The van der Waals surface area contributed by atoms with Crippen molar-refractivity contribution in [1.29, 1.82) is 0 Å². The van der Waals surface area contributed by atoms with E-state index in [2.05, 4.69) is 28.2 Å². The number of benzene rings is 1. The predicted octanol–water partition coefficient (Wildman–Crippen LogP) is 2.26. The fourth-order valence-electron chi connectivity index (χ4n) is 3.39. The molecule has 0 atom stereocenters. The van der Waals surface area contributed by atoms with Crippen LogP contribution >= 0.6 is 0 Å². The Labute approximate surface area is 137 Å². The lowest BCUT2D eigenvalue weighted by Crippen LogP contribution is -2.33. The van der Waals surface area contributed by atoms with Gasteiger partial charge in [-0.25, -0.2) is 0 Å². The monoisotopic (exact) mass is 315 g/mol. The lowest BCUT2D eigenvalue weighted by molar-refractivity contribution is 0.198. The third-order valence-electron chi connectivity index (χ3n) is 4.61. The second-order valence-corrected chi connectivity index (χ2v) is 6.10. The van der Waals surface area contributed by atoms with Gasteiger partial charge in [0.1, 0.15) is 5.75 Å². The Morgan fingerprint density at radius 1 is 1.26 bits per heavy atom. The highest BCUT2D eigenvalue weighted by Crippen LogP contribution is 2.28. The van der Waals surface area contributed by atoms with Crippen molar-refractivity contribution in [2.45, 2.75) is 31.8 Å². The van der Waals surface area contributed by atoms with Crippen molar-refractivity contribution >= 4 is 0 Å². The first-order chi connectivity index (χ1) is 11.3. The smallest absolute Gasteiger partial charge is 0.119 e. The standard InChI is InChI=1S/C18H25N3O2/c1-23-17-4-2-3-15(13-17)14-20-9-6-16(7-10-20)18-5-8-19-21(18)11-12-22/h2-5,8,13,16,22H,6-7,9-12,14H2,1H3. The molecule has 0 bridgehead atoms. The Morgan fingerprint density at radius 3 is 2.83 bits per heavy atom. The minimum absolute atomic E-state index is 0.142. The van der Waals surface area contributed by atoms with Crippen molar-refractivity contribution in [3.05, 3.63) is 47.8 Å². The molecule has 0 unspecified atom stereocenters. The normalized spacial score (nSPS) is 16.6. The minimum atomic E-state index is 0.142. The van der Waals surface area contributed by atoms with Gasteiger partial charge in [-0.3, -0.25) is 9.58 Å². The van der Waals surface area contributed by atoms with Crippen LogP contribution in [0.2, 0.25) is 0 Å². The number of hydrogen-bond donors (Lipinski definition) is 1. The summed E-state index contributed by atoms with van der Waals surface area (Å²) in [7, 11) is 1.71. The molecule has 1 aliphatic heterocycles. The molecule has 1 fully saturated rings. The summed E-state index contributed by atoms with van der Waals surface area (Å²) in [5, 5.41) is 13.4. The largest absolute Gasteiger partial charge is 0.497 e. The minimum Gasteiger partial charge on any atom is -0.497 e. The fraction of sp³-hybridized carbons (Fsp3) is 0.500. The average molecular weight is 315 g/mol. The molecule has 1 aromatic heterocycles. The van der Waals surface area contributed by atoms with Crippen LogP contribution in [0.5, 0.6) is 5.75 Å². The molecule has 1 aromatic carbocycles. The second-order valence-electron chi connectivity index (χ2n) is 6.10. The van der Waals surface area contributed by atoms with Gasteiger partial charge in [0.2, 0.25) is 0 Å². The Bertz CT molecular complexity index is 618. The maximum atomic E-state index is 9.13. The lowest BCUT2D eigenvalue weighted by Gasteiger charge is -2.32. The van der Waals surface area contributed by atoms with Gasteiger partial charge in [0.05, 0.1) is 20.3 Å². The molecule has 0 aliphatic carbocycles. The van der Waals surface area contributed by atoms with Crippen LogP contribution < -0.4 is 4.74 Å². The van der Waals surface area contributed by atoms with Crippen molar-refractivity contribution in [1.82, 2.24) is 14.7 Å². The molecule has 1 aliphatic rings. The molecule has 23 heavy (non-hydrogen) atoms. The third kappa shape index (κ3) is 3.92. The summed E-state index contributed by atoms with van der Waals surface area (Å²) in [4.78, 5) is 2.50. The number of nitrogens with zero attached hydrogens (tertiary/aromatic N) is 3. The van der Waals surface area contributed by atoms with Gasteiger partial charge in [-0.05, 0) is 49.7 Å². The highest BCUT2D eigenvalue weighted by molar-refractivity contribution is 5.28. The fourth-order valence-corrected chi connectivity index (χ4v) is 3.39. The topological polar surface area (TPSA) is 50.5 Å². The van der Waals surface area contributed by atoms with E-state index in [1.165, 1.54) is 11.3 Å². The van der Waals surface area contributed by atoms with Crippen molar-refractivity contribution in [3.63, 3.8) is 0 Å². The number of likely N-dealkylation sites (tertiary alicyclic amines) is 1. The molecule has 0 radical (unpaired) electrons. The molecule has 5 heteroatoms. The molecule has 0 saturated carbocycles. The average Bonchev–Trinajstić information content (AvgIpc) is 3.04. The van der Waals surface area contributed by atoms with Crippen LogP contribution in [0.3, 0.4) is 0 Å². The van der Waals surface area contributed by atoms with Crippen LogP contribution in [0.15, 0.2) is 36.5 Å². The Morgan fingerprint density at radius 2 is 2.09 bits per heavy atom. The van der Waals surface area contributed by atoms with E-state index < -0.39 is 0 Å². The van der Waals surface area contributed by atoms with E-state index in [-0.39, 0.29) is 6.61 Å². The molecule has 2 aromatic rings. The van der Waals surface area contributed by atoms with Gasteiger partial charge in [0.15, 0.2) is 0 Å². The summed E-state index contributed by atoms with van der Waals surface area (Å²) in [6, 6.07) is 10.4. The van der Waals surface area contributed by atoms with Gasteiger partial charge < -0.3 is 9.84 Å². The van der Waals surface area contributed by atoms with Crippen molar-refractivity contribution in [3.8, 4) is 5.75 Å². The van der Waals surface area contributed by atoms with Crippen LogP contribution in [0.25, 0.3) is 0 Å². The molecule has 0 amide bonds. The number of ether oxygens (including phenoxy) is 1. The number of aliphatic hydroxyl groups excluding tert-OH is 1. The molecule has 1 saturated heterocycles. The summed E-state index contributed by atoms with van der Waals surface area (Å²) >= 11 is 0. The molecule has 2 heterocycles. The maximum Gasteiger partial charge on any atom is 0.119 e. The first kappa shape index (κ1) is 16.0. The predicted molar refractivity (Wildman–Crippen MR) is 89.6 cm³/mol. The number of aromatic nitrogens is 2. The third-order valence-corrected chi connectivity index (χ3v) is 4.61. The highest BCUT2D eigenvalue weighted by Gasteiger charge is 2.23. The van der Waals surface area contributed by atoms with Crippen LogP contribution in [-0.4, -0.2) is 46.6 Å². The van der Waals surface area contributed by atoms with E-state index in [0.717, 1.165) is 38.2 Å². The van der Waals surface area contributed by atoms with Gasteiger partial charge in [-0.2, -0.15) is 5.10 Å². The molecule has 1 N–H and O–H groups in total. The molecule has 5 nitrogen and oxygen atoms in total. The van der Waals surface area contributed by atoms with Gasteiger partial charge in [0.25, 0.3) is 0 Å². The second kappa shape index (κ2) is 7.62. The highest BCUT2D eigenvalue weighted by atomic mass is 16.5. The van der Waals surface area contributed by atoms with E-state index in [4.69, 9.17) is 9.84 Å². The van der Waals surface area contributed by atoms with Crippen molar-refractivity contribution in [2.24, 2.45) is 0 Å². The number of aliphatic hydroxyl groups is 1. The Balaban J connectivity index is 1.56. The van der Waals surface area contributed by atoms with Gasteiger partial charge in [0, 0.05) is 24.4 Å². The van der Waals surface area contributed by atoms with Crippen molar-refractivity contribution < 1.29 is 9.84 Å². The van der Waals surface area contributed by atoms with E-state index >= 15 is 0 Å². The van der Waals surface area contributed by atoms with Gasteiger partial charge in [-0.1, -0.05) is 12.1 Å². The summed E-state index contributed by atoms with van der Waals surface area (Å²) in [5.41, 5.74) is 2.56. The molecule has 0 spiro atoms. The number of piperidine rings is 1. The SMILES string of the molecule is COc1cccc(CN2CCC(c3ccnn3CCO)CC2)c1. The number of rotatable bonds is 6. The van der Waals surface area contributed by atoms with Gasteiger partial charge >= 0.3 is 0 Å². The number of methoxy groups -OCH3 is 1. The maximum absolute atomic E-state index is 9.13. The first-order valence-corrected chi connectivity index (χ1v) is 8.28. The molecular formula is C18H25N3O2. The van der Waals surface area contributed by atoms with E-state index in [1.54, 1.807) is 7.11 Å². The van der Waals surface area contributed by atoms with E-state index in [9.17, 15) is 0 Å². The summed E-state index contributed by atoms with van der Waals surface area (Å²) in [6.07, 6.45) is 4.12. The van der Waals surface area contributed by atoms with Crippen LogP contribution in [-0.2, 0) is 13.1 Å². The van der Waals surface area contributed by atoms with E-state index in [1.807, 2.05) is 23.0 Å². The zero-order valence-corrected chi connectivity index (χ0v) is 13.7. The summed E-state index contributed by atoms with van der Waals surface area (Å²) < 4.78 is 7.24. The Hall–Kier alpha value is -1.85. The molecule has 3 rings (SSSR count). The number of hydrogen-bond acceptors (Lipinski definition) is 4. The molecular weight excluding hydrogens is 290 g/mol. The van der Waals surface area contributed by atoms with Crippen LogP contribution in [0.4, 0.5) is 0 Å². The summed E-state index contributed by atoms with van der Waals surface area (Å²) in [6.45, 7) is 3.88. The van der Waals surface area contributed by atoms with Crippen LogP contribution in [0, 0.1) is 0 Å². The van der Waals surface area contributed by atoms with Crippen molar-refractivity contribution in [2.75, 3.05) is 26.8 Å². The molecule has 124 valence electrons. The zero-order chi connectivity index (χ0) is 16.1. The lowest BCUT2D eigenvalue weighted by atomic mass is 9.93. The van der Waals surface area contributed by atoms with E-state index in [0.29, 0.717) is 12.5 Å².